The number of benzene rings is 1. The van der Waals surface area contributed by atoms with E-state index < -0.39 is 0 Å². The molecule has 1 atom stereocenters. The smallest absolute Gasteiger partial charge is 0.291 e. The molecule has 4 nitrogen and oxygen atoms in total. The van der Waals surface area contributed by atoms with Crippen LogP contribution in [0.2, 0.25) is 0 Å². The first-order valence-corrected chi connectivity index (χ1v) is 5.79. The van der Waals surface area contributed by atoms with Crippen molar-refractivity contribution >= 4 is 11.6 Å². The minimum absolute atomic E-state index is 0.217. The molecular formula is C14H16N2O2. The van der Waals surface area contributed by atoms with E-state index in [1.165, 1.54) is 0 Å². The molecule has 0 saturated heterocycles. The highest BCUT2D eigenvalue weighted by Crippen LogP contribution is 2.16. The molecule has 4 heteroatoms. The molecule has 1 heterocycles. The SMILES string of the molecule is Cc1cccc(NC(=O)c2ccc(C(C)N)o2)c1. The van der Waals surface area contributed by atoms with Gasteiger partial charge in [-0.05, 0) is 43.7 Å². The molecule has 2 rings (SSSR count). The maximum atomic E-state index is 11.9. The molecule has 1 amide bonds. The van der Waals surface area contributed by atoms with Gasteiger partial charge in [-0.25, -0.2) is 0 Å². The summed E-state index contributed by atoms with van der Waals surface area (Å²) in [6.45, 7) is 3.78. The van der Waals surface area contributed by atoms with Crippen LogP contribution in [0.15, 0.2) is 40.8 Å². The van der Waals surface area contributed by atoms with Crippen molar-refractivity contribution in [2.24, 2.45) is 5.73 Å². The van der Waals surface area contributed by atoms with Gasteiger partial charge >= 0.3 is 0 Å². The zero-order valence-electron chi connectivity index (χ0n) is 10.4. The predicted molar refractivity (Wildman–Crippen MR) is 70.4 cm³/mol. The first kappa shape index (κ1) is 12.4. The van der Waals surface area contributed by atoms with Crippen LogP contribution >= 0.6 is 0 Å². The Morgan fingerprint density at radius 3 is 2.72 bits per heavy atom. The minimum atomic E-state index is -0.271. The summed E-state index contributed by atoms with van der Waals surface area (Å²) in [6, 6.07) is 10.7. The zero-order chi connectivity index (χ0) is 13.1. The van der Waals surface area contributed by atoms with Crippen LogP contribution < -0.4 is 11.1 Å². The van der Waals surface area contributed by atoms with E-state index >= 15 is 0 Å². The molecule has 0 saturated carbocycles. The molecule has 18 heavy (non-hydrogen) atoms. The number of anilines is 1. The van der Waals surface area contributed by atoms with Crippen molar-refractivity contribution in [1.82, 2.24) is 0 Å². The highest BCUT2D eigenvalue weighted by atomic mass is 16.4. The molecule has 0 aliphatic carbocycles. The van der Waals surface area contributed by atoms with Gasteiger partial charge in [0.05, 0.1) is 6.04 Å². The first-order chi connectivity index (χ1) is 8.56. The number of hydrogen-bond acceptors (Lipinski definition) is 3. The van der Waals surface area contributed by atoms with E-state index in [-0.39, 0.29) is 17.7 Å². The Balaban J connectivity index is 2.12. The summed E-state index contributed by atoms with van der Waals surface area (Å²) in [4.78, 5) is 11.9. The lowest BCUT2D eigenvalue weighted by molar-refractivity contribution is 0.0994. The van der Waals surface area contributed by atoms with Gasteiger partial charge in [-0.15, -0.1) is 0 Å². The number of hydrogen-bond donors (Lipinski definition) is 2. The molecule has 0 bridgehead atoms. The molecule has 3 N–H and O–H groups in total. The minimum Gasteiger partial charge on any atom is -0.454 e. The summed E-state index contributed by atoms with van der Waals surface area (Å²) in [7, 11) is 0. The average Bonchev–Trinajstić information content (AvgIpc) is 2.78. The summed E-state index contributed by atoms with van der Waals surface area (Å²) in [5.74, 6) is 0.598. The van der Waals surface area contributed by atoms with Crippen molar-refractivity contribution in [3.8, 4) is 0 Å². The van der Waals surface area contributed by atoms with E-state index in [1.54, 1.807) is 19.1 Å². The molecule has 0 radical (unpaired) electrons. The van der Waals surface area contributed by atoms with Gasteiger partial charge in [0, 0.05) is 5.69 Å². The standard InChI is InChI=1S/C14H16N2O2/c1-9-4-3-5-11(8-9)16-14(17)13-7-6-12(18-13)10(2)15/h3-8,10H,15H2,1-2H3,(H,16,17). The van der Waals surface area contributed by atoms with E-state index in [9.17, 15) is 4.79 Å². The average molecular weight is 244 g/mol. The summed E-state index contributed by atoms with van der Waals surface area (Å²) >= 11 is 0. The normalized spacial score (nSPS) is 12.2. The van der Waals surface area contributed by atoms with Crippen molar-refractivity contribution in [2.75, 3.05) is 5.32 Å². The van der Waals surface area contributed by atoms with Crippen molar-refractivity contribution in [2.45, 2.75) is 19.9 Å². The van der Waals surface area contributed by atoms with Crippen molar-refractivity contribution in [3.63, 3.8) is 0 Å². The molecule has 1 aromatic heterocycles. The maximum absolute atomic E-state index is 11.9. The lowest BCUT2D eigenvalue weighted by Gasteiger charge is -2.04. The fourth-order valence-electron chi connectivity index (χ4n) is 1.64. The van der Waals surface area contributed by atoms with Crippen LogP contribution in [-0.4, -0.2) is 5.91 Å². The first-order valence-electron chi connectivity index (χ1n) is 5.79. The second-order valence-electron chi connectivity index (χ2n) is 4.31. The van der Waals surface area contributed by atoms with Gasteiger partial charge in [-0.3, -0.25) is 4.79 Å². The van der Waals surface area contributed by atoms with E-state index in [0.29, 0.717) is 5.76 Å². The molecule has 1 aromatic carbocycles. The Morgan fingerprint density at radius 2 is 2.11 bits per heavy atom. The van der Waals surface area contributed by atoms with E-state index in [1.807, 2.05) is 31.2 Å². The summed E-state index contributed by atoms with van der Waals surface area (Å²) < 4.78 is 5.37. The highest BCUT2D eigenvalue weighted by molar-refractivity contribution is 6.02. The molecular weight excluding hydrogens is 228 g/mol. The van der Waals surface area contributed by atoms with Crippen LogP contribution in [0.3, 0.4) is 0 Å². The molecule has 2 aromatic rings. The molecule has 94 valence electrons. The Labute approximate surface area is 106 Å². The molecule has 1 unspecified atom stereocenters. The van der Waals surface area contributed by atoms with Crippen LogP contribution in [0.25, 0.3) is 0 Å². The van der Waals surface area contributed by atoms with Crippen molar-refractivity contribution in [3.05, 3.63) is 53.5 Å². The van der Waals surface area contributed by atoms with Crippen LogP contribution in [0.1, 0.15) is 34.8 Å². The lowest BCUT2D eigenvalue weighted by Crippen LogP contribution is -2.11. The van der Waals surface area contributed by atoms with Gasteiger partial charge < -0.3 is 15.5 Å². The second-order valence-corrected chi connectivity index (χ2v) is 4.31. The van der Waals surface area contributed by atoms with Crippen LogP contribution in [0.5, 0.6) is 0 Å². The number of furan rings is 1. The number of amides is 1. The molecule has 0 aliphatic rings. The zero-order valence-corrected chi connectivity index (χ0v) is 10.4. The Kier molecular flexibility index (Phi) is 3.48. The summed E-state index contributed by atoms with van der Waals surface area (Å²) in [5, 5.41) is 2.78. The maximum Gasteiger partial charge on any atom is 0.291 e. The summed E-state index contributed by atoms with van der Waals surface area (Å²) in [5.41, 5.74) is 7.51. The van der Waals surface area contributed by atoms with Gasteiger partial charge in [0.25, 0.3) is 5.91 Å². The van der Waals surface area contributed by atoms with Crippen LogP contribution in [0, 0.1) is 6.92 Å². The number of nitrogens with two attached hydrogens (primary N) is 1. The monoisotopic (exact) mass is 244 g/mol. The fourth-order valence-corrected chi connectivity index (χ4v) is 1.64. The second kappa shape index (κ2) is 5.06. The number of nitrogens with one attached hydrogen (secondary N) is 1. The predicted octanol–water partition coefficient (Wildman–Crippen LogP) is 2.86. The van der Waals surface area contributed by atoms with Crippen molar-refractivity contribution in [1.29, 1.82) is 0 Å². The quantitative estimate of drug-likeness (QED) is 0.872. The van der Waals surface area contributed by atoms with Gasteiger partial charge in [0.15, 0.2) is 5.76 Å². The Morgan fingerprint density at radius 1 is 1.33 bits per heavy atom. The van der Waals surface area contributed by atoms with Crippen LogP contribution in [-0.2, 0) is 0 Å². The van der Waals surface area contributed by atoms with Gasteiger partial charge in [-0.2, -0.15) is 0 Å². The van der Waals surface area contributed by atoms with E-state index in [2.05, 4.69) is 5.32 Å². The number of carbonyl (C=O) groups excluding carboxylic acids is 1. The largest absolute Gasteiger partial charge is 0.454 e. The summed E-state index contributed by atoms with van der Waals surface area (Å²) in [6.07, 6.45) is 0. The van der Waals surface area contributed by atoms with Crippen LogP contribution in [0.4, 0.5) is 5.69 Å². The third-order valence-electron chi connectivity index (χ3n) is 2.58. The van der Waals surface area contributed by atoms with E-state index in [4.69, 9.17) is 10.2 Å². The Hall–Kier alpha value is -2.07. The fraction of sp³-hybridized carbons (Fsp3) is 0.214. The topological polar surface area (TPSA) is 68.3 Å². The third-order valence-corrected chi connectivity index (χ3v) is 2.58. The van der Waals surface area contributed by atoms with Gasteiger partial charge in [-0.1, -0.05) is 12.1 Å². The molecule has 0 spiro atoms. The lowest BCUT2D eigenvalue weighted by atomic mass is 10.2. The molecule has 0 fully saturated rings. The van der Waals surface area contributed by atoms with Gasteiger partial charge in [0.1, 0.15) is 5.76 Å². The Bertz CT molecular complexity index is 558. The number of rotatable bonds is 3. The van der Waals surface area contributed by atoms with Crippen molar-refractivity contribution < 1.29 is 9.21 Å². The molecule has 0 aliphatic heterocycles. The third kappa shape index (κ3) is 2.78. The number of aryl methyl sites for hydroxylation is 1. The van der Waals surface area contributed by atoms with E-state index in [0.717, 1.165) is 11.3 Å². The number of carbonyl (C=O) groups is 1. The van der Waals surface area contributed by atoms with Gasteiger partial charge in [0.2, 0.25) is 0 Å². The highest BCUT2D eigenvalue weighted by Gasteiger charge is 2.13.